The molecule has 1 rings (SSSR count). The third-order valence-electron chi connectivity index (χ3n) is 1.87. The molecule has 0 atom stereocenters. The van der Waals surface area contributed by atoms with Crippen molar-refractivity contribution in [3.63, 3.8) is 0 Å². The highest BCUT2D eigenvalue weighted by molar-refractivity contribution is 14.1. The normalized spacial score (nSPS) is 11.7. The molecule has 0 amide bonds. The molecule has 19 heavy (non-hydrogen) atoms. The summed E-state index contributed by atoms with van der Waals surface area (Å²) in [5.74, 6) is -2.69. The summed E-state index contributed by atoms with van der Waals surface area (Å²) < 4.78 is 65.2. The van der Waals surface area contributed by atoms with E-state index in [1.54, 1.807) is 0 Å². The lowest BCUT2D eigenvalue weighted by molar-refractivity contribution is -0.275. The minimum Gasteiger partial charge on any atom is -0.481 e. The van der Waals surface area contributed by atoms with Crippen LogP contribution in [-0.2, 0) is 11.2 Å². The van der Waals surface area contributed by atoms with Gasteiger partial charge in [-0.3, -0.25) is 4.79 Å². The quantitative estimate of drug-likeness (QED) is 0.482. The van der Waals surface area contributed by atoms with Crippen molar-refractivity contribution in [2.45, 2.75) is 19.2 Å². The summed E-state index contributed by atoms with van der Waals surface area (Å²) in [7, 11) is 0. The fourth-order valence-electron chi connectivity index (χ4n) is 1.24. The molecule has 0 fully saturated rings. The summed E-state index contributed by atoms with van der Waals surface area (Å²) >= 11 is 1.32. The number of carboxylic acid groups (broad SMARTS) is 1. The molecule has 0 aliphatic heterocycles. The Morgan fingerprint density at radius 2 is 2.05 bits per heavy atom. The fourth-order valence-corrected chi connectivity index (χ4v) is 1.86. The molecule has 1 aromatic rings. The second-order valence-corrected chi connectivity index (χ2v) is 4.26. The molecule has 0 saturated carbocycles. The summed E-state index contributed by atoms with van der Waals surface area (Å²) in [5, 5.41) is 8.53. The minimum absolute atomic E-state index is 0.388. The van der Waals surface area contributed by atoms with Crippen LogP contribution in [0.4, 0.5) is 22.0 Å². The first-order valence-corrected chi connectivity index (χ1v) is 5.62. The standard InChI is InChI=1S/C9H5F5INO3/c10-7(11)5-6(19-9(12,13)14)3(1-4(17)18)2-16-8(5)15/h2,7H,1H2,(H,17,18). The van der Waals surface area contributed by atoms with Gasteiger partial charge in [0.15, 0.2) is 0 Å². The predicted molar refractivity (Wildman–Crippen MR) is 59.9 cm³/mol. The van der Waals surface area contributed by atoms with Crippen LogP contribution in [0.3, 0.4) is 0 Å². The first-order chi connectivity index (χ1) is 8.61. The van der Waals surface area contributed by atoms with E-state index in [0.29, 0.717) is 0 Å². The SMILES string of the molecule is O=C(O)Cc1cnc(I)c(C(F)F)c1OC(F)(F)F. The van der Waals surface area contributed by atoms with Crippen LogP contribution in [0.5, 0.6) is 5.75 Å². The average molecular weight is 397 g/mol. The second-order valence-electron chi connectivity index (χ2n) is 3.24. The Bertz CT molecular complexity index is 491. The van der Waals surface area contributed by atoms with Gasteiger partial charge >= 0.3 is 12.3 Å². The van der Waals surface area contributed by atoms with Crippen molar-refractivity contribution >= 4 is 28.6 Å². The third-order valence-corrected chi connectivity index (χ3v) is 2.73. The minimum atomic E-state index is -5.21. The van der Waals surface area contributed by atoms with Gasteiger partial charge in [0.05, 0.1) is 12.0 Å². The van der Waals surface area contributed by atoms with E-state index in [2.05, 4.69) is 9.72 Å². The van der Waals surface area contributed by atoms with Crippen molar-refractivity contribution in [1.29, 1.82) is 0 Å². The Kier molecular flexibility index (Phi) is 4.87. The Morgan fingerprint density at radius 1 is 1.47 bits per heavy atom. The fraction of sp³-hybridized carbons (Fsp3) is 0.333. The van der Waals surface area contributed by atoms with Gasteiger partial charge in [0, 0.05) is 11.8 Å². The summed E-state index contributed by atoms with van der Waals surface area (Å²) in [6.45, 7) is 0. The average Bonchev–Trinajstić information content (AvgIpc) is 2.18. The molecular formula is C9H5F5INO3. The summed E-state index contributed by atoms with van der Waals surface area (Å²) in [6.07, 6.45) is -8.62. The van der Waals surface area contributed by atoms with Crippen molar-refractivity contribution < 1.29 is 36.6 Å². The molecule has 0 aromatic carbocycles. The zero-order chi connectivity index (χ0) is 14.8. The van der Waals surface area contributed by atoms with Gasteiger partial charge in [-0.05, 0) is 22.6 Å². The topological polar surface area (TPSA) is 59.4 Å². The molecule has 0 radical (unpaired) electrons. The van der Waals surface area contributed by atoms with Gasteiger partial charge in [-0.15, -0.1) is 13.2 Å². The lowest BCUT2D eigenvalue weighted by atomic mass is 10.1. The number of nitrogens with zero attached hydrogens (tertiary/aromatic N) is 1. The van der Waals surface area contributed by atoms with Crippen LogP contribution >= 0.6 is 22.6 Å². The molecule has 1 N–H and O–H groups in total. The summed E-state index contributed by atoms with van der Waals surface area (Å²) in [6, 6.07) is 0. The molecular weight excluding hydrogens is 392 g/mol. The van der Waals surface area contributed by atoms with Crippen LogP contribution in [-0.4, -0.2) is 22.4 Å². The lowest BCUT2D eigenvalue weighted by Crippen LogP contribution is -2.21. The molecule has 1 aromatic heterocycles. The van der Waals surface area contributed by atoms with E-state index in [1.807, 2.05) is 0 Å². The van der Waals surface area contributed by atoms with Crippen LogP contribution in [0.1, 0.15) is 17.6 Å². The van der Waals surface area contributed by atoms with Crippen LogP contribution < -0.4 is 4.74 Å². The Morgan fingerprint density at radius 3 is 2.47 bits per heavy atom. The number of ether oxygens (including phenoxy) is 1. The zero-order valence-corrected chi connectivity index (χ0v) is 11.0. The van der Waals surface area contributed by atoms with Crippen LogP contribution in [0.2, 0.25) is 0 Å². The van der Waals surface area contributed by atoms with Crippen molar-refractivity contribution in [1.82, 2.24) is 4.98 Å². The highest BCUT2D eigenvalue weighted by atomic mass is 127. The van der Waals surface area contributed by atoms with Crippen molar-refractivity contribution in [2.75, 3.05) is 0 Å². The molecule has 0 bridgehead atoms. The smallest absolute Gasteiger partial charge is 0.481 e. The highest BCUT2D eigenvalue weighted by Gasteiger charge is 2.36. The Labute approximate surface area is 116 Å². The van der Waals surface area contributed by atoms with Crippen LogP contribution in [0.15, 0.2) is 6.20 Å². The maximum absolute atomic E-state index is 12.7. The predicted octanol–water partition coefficient (Wildman–Crippen LogP) is 3.15. The van der Waals surface area contributed by atoms with E-state index < -0.39 is 42.1 Å². The molecule has 106 valence electrons. The largest absolute Gasteiger partial charge is 0.573 e. The molecule has 1 heterocycles. The lowest BCUT2D eigenvalue weighted by Gasteiger charge is -2.16. The van der Waals surface area contributed by atoms with E-state index in [9.17, 15) is 26.7 Å². The maximum atomic E-state index is 12.7. The molecule has 10 heteroatoms. The number of rotatable bonds is 4. The van der Waals surface area contributed by atoms with Crippen molar-refractivity contribution in [2.24, 2.45) is 0 Å². The van der Waals surface area contributed by atoms with Gasteiger partial charge in [-0.1, -0.05) is 0 Å². The van der Waals surface area contributed by atoms with Gasteiger partial charge in [0.2, 0.25) is 0 Å². The number of aliphatic carboxylic acids is 1. The Hall–Kier alpha value is -1.20. The second kappa shape index (κ2) is 5.84. The van der Waals surface area contributed by atoms with Gasteiger partial charge in [-0.2, -0.15) is 0 Å². The molecule has 0 unspecified atom stereocenters. The van der Waals surface area contributed by atoms with Crippen LogP contribution in [0, 0.1) is 3.70 Å². The van der Waals surface area contributed by atoms with E-state index >= 15 is 0 Å². The number of pyridine rings is 1. The van der Waals surface area contributed by atoms with E-state index in [-0.39, 0.29) is 3.70 Å². The number of aromatic nitrogens is 1. The Balaban J connectivity index is 3.39. The van der Waals surface area contributed by atoms with Crippen molar-refractivity contribution in [3.8, 4) is 5.75 Å². The van der Waals surface area contributed by atoms with E-state index in [4.69, 9.17) is 5.11 Å². The van der Waals surface area contributed by atoms with Gasteiger partial charge in [0.25, 0.3) is 6.43 Å². The van der Waals surface area contributed by atoms with Gasteiger partial charge in [0.1, 0.15) is 9.45 Å². The third kappa shape index (κ3) is 4.44. The van der Waals surface area contributed by atoms with E-state index in [1.165, 1.54) is 22.6 Å². The molecule has 0 aliphatic rings. The number of hydrogen-bond acceptors (Lipinski definition) is 3. The number of carboxylic acids is 1. The van der Waals surface area contributed by atoms with E-state index in [0.717, 1.165) is 6.20 Å². The molecule has 4 nitrogen and oxygen atoms in total. The molecule has 0 aliphatic carbocycles. The van der Waals surface area contributed by atoms with Gasteiger partial charge < -0.3 is 9.84 Å². The number of hydrogen-bond donors (Lipinski definition) is 1. The number of alkyl halides is 5. The summed E-state index contributed by atoms with van der Waals surface area (Å²) in [4.78, 5) is 13.9. The highest BCUT2D eigenvalue weighted by Crippen LogP contribution is 2.38. The summed E-state index contributed by atoms with van der Waals surface area (Å²) in [5.41, 5.74) is -1.64. The first-order valence-electron chi connectivity index (χ1n) is 4.54. The van der Waals surface area contributed by atoms with Gasteiger partial charge in [-0.25, -0.2) is 13.8 Å². The molecule has 0 spiro atoms. The van der Waals surface area contributed by atoms with Crippen LogP contribution in [0.25, 0.3) is 0 Å². The maximum Gasteiger partial charge on any atom is 0.573 e. The number of carbonyl (C=O) groups is 1. The first kappa shape index (κ1) is 15.9. The monoisotopic (exact) mass is 397 g/mol. The molecule has 0 saturated heterocycles. The zero-order valence-electron chi connectivity index (χ0n) is 8.84. The number of halogens is 6. The van der Waals surface area contributed by atoms with Crippen molar-refractivity contribution in [3.05, 3.63) is 21.0 Å².